The molecular formula is C16H15F4N3O4. The van der Waals surface area contributed by atoms with E-state index in [9.17, 15) is 27.8 Å². The maximum atomic E-state index is 14.1. The van der Waals surface area contributed by atoms with Gasteiger partial charge in [0.15, 0.2) is 11.9 Å². The minimum absolute atomic E-state index is 0.264. The molecule has 27 heavy (non-hydrogen) atoms. The standard InChI is InChI=1S/C16H15F4N3O4/c1-7-12(24)13(25)15(14(26-7)11-8(17)5-21-6-22-11)27-10-4-2-3-9(23-10)16(18,19)20/h2-7,12-15,24-25H,1H3/t7-,12+,13+,14-,15-/m1/s1. The number of hydrogen-bond acceptors (Lipinski definition) is 7. The number of aromatic nitrogens is 3. The minimum atomic E-state index is -4.70. The van der Waals surface area contributed by atoms with E-state index in [-0.39, 0.29) is 5.69 Å². The molecule has 146 valence electrons. The summed E-state index contributed by atoms with van der Waals surface area (Å²) in [6.07, 6.45) is -9.47. The third-order valence-electron chi connectivity index (χ3n) is 4.06. The van der Waals surface area contributed by atoms with Gasteiger partial charge in [-0.15, -0.1) is 0 Å². The van der Waals surface area contributed by atoms with Crippen molar-refractivity contribution < 1.29 is 37.2 Å². The highest BCUT2D eigenvalue weighted by Gasteiger charge is 2.47. The quantitative estimate of drug-likeness (QED) is 0.771. The van der Waals surface area contributed by atoms with E-state index in [1.165, 1.54) is 6.92 Å². The Hall–Kier alpha value is -2.37. The molecule has 0 aliphatic carbocycles. The highest BCUT2D eigenvalue weighted by molar-refractivity contribution is 5.20. The lowest BCUT2D eigenvalue weighted by Crippen LogP contribution is -2.55. The van der Waals surface area contributed by atoms with Crippen LogP contribution in [0.4, 0.5) is 17.6 Å². The van der Waals surface area contributed by atoms with Crippen molar-refractivity contribution in [1.82, 2.24) is 15.0 Å². The lowest BCUT2D eigenvalue weighted by atomic mass is 9.93. The second kappa shape index (κ2) is 7.33. The van der Waals surface area contributed by atoms with Gasteiger partial charge in [0.05, 0.1) is 12.3 Å². The Kier molecular flexibility index (Phi) is 5.27. The molecule has 7 nitrogen and oxygen atoms in total. The molecule has 0 radical (unpaired) electrons. The van der Waals surface area contributed by atoms with Crippen LogP contribution in [-0.2, 0) is 10.9 Å². The predicted octanol–water partition coefficient (Wildman–Crippen LogP) is 1.66. The summed E-state index contributed by atoms with van der Waals surface area (Å²) in [5.41, 5.74) is -1.47. The van der Waals surface area contributed by atoms with Gasteiger partial charge in [-0.25, -0.2) is 19.3 Å². The van der Waals surface area contributed by atoms with Crippen LogP contribution in [0.1, 0.15) is 24.4 Å². The molecule has 0 spiro atoms. The zero-order valence-corrected chi connectivity index (χ0v) is 13.8. The summed E-state index contributed by atoms with van der Waals surface area (Å²) in [5, 5.41) is 20.4. The van der Waals surface area contributed by atoms with Gasteiger partial charge in [-0.05, 0) is 13.0 Å². The molecule has 0 unspecified atom stereocenters. The number of aliphatic hydroxyl groups excluding tert-OH is 2. The zero-order chi connectivity index (χ0) is 19.8. The van der Waals surface area contributed by atoms with Gasteiger partial charge in [0, 0.05) is 6.07 Å². The second-order valence-electron chi connectivity index (χ2n) is 5.94. The fraction of sp³-hybridized carbons (Fsp3) is 0.438. The molecular weight excluding hydrogens is 374 g/mol. The van der Waals surface area contributed by atoms with Gasteiger partial charge in [-0.2, -0.15) is 13.2 Å². The van der Waals surface area contributed by atoms with Crippen molar-refractivity contribution in [3.8, 4) is 5.88 Å². The van der Waals surface area contributed by atoms with E-state index < -0.39 is 54.1 Å². The Morgan fingerprint density at radius 2 is 1.93 bits per heavy atom. The summed E-state index contributed by atoms with van der Waals surface area (Å²) < 4.78 is 63.5. The van der Waals surface area contributed by atoms with Crippen molar-refractivity contribution in [3.63, 3.8) is 0 Å². The third kappa shape index (κ3) is 3.99. The van der Waals surface area contributed by atoms with Crippen LogP contribution in [-0.4, -0.2) is 49.6 Å². The maximum Gasteiger partial charge on any atom is 0.433 e. The van der Waals surface area contributed by atoms with Crippen LogP contribution in [0.5, 0.6) is 5.88 Å². The zero-order valence-electron chi connectivity index (χ0n) is 13.8. The van der Waals surface area contributed by atoms with E-state index in [1.54, 1.807) is 0 Å². The molecule has 5 atom stereocenters. The molecule has 1 aliphatic rings. The van der Waals surface area contributed by atoms with Crippen molar-refractivity contribution in [3.05, 3.63) is 47.9 Å². The molecule has 2 aromatic heterocycles. The molecule has 0 saturated carbocycles. The molecule has 1 saturated heterocycles. The summed E-state index contributed by atoms with van der Waals surface area (Å²) in [5.74, 6) is -1.33. The highest BCUT2D eigenvalue weighted by Crippen LogP contribution is 2.35. The number of alkyl halides is 3. The Morgan fingerprint density at radius 3 is 2.59 bits per heavy atom. The Labute approximate surface area is 150 Å². The Bertz CT molecular complexity index is 807. The topological polar surface area (TPSA) is 97.6 Å². The van der Waals surface area contributed by atoms with Crippen molar-refractivity contribution in [1.29, 1.82) is 0 Å². The van der Waals surface area contributed by atoms with E-state index in [0.29, 0.717) is 0 Å². The fourth-order valence-corrected chi connectivity index (χ4v) is 2.70. The Balaban J connectivity index is 1.95. The van der Waals surface area contributed by atoms with Gasteiger partial charge < -0.3 is 19.7 Å². The molecule has 2 N–H and O–H groups in total. The summed E-state index contributed by atoms with van der Waals surface area (Å²) >= 11 is 0. The van der Waals surface area contributed by atoms with Crippen molar-refractivity contribution >= 4 is 0 Å². The van der Waals surface area contributed by atoms with Crippen LogP contribution >= 0.6 is 0 Å². The van der Waals surface area contributed by atoms with Crippen molar-refractivity contribution in [2.24, 2.45) is 0 Å². The number of rotatable bonds is 3. The fourth-order valence-electron chi connectivity index (χ4n) is 2.70. The summed E-state index contributed by atoms with van der Waals surface area (Å²) in [4.78, 5) is 10.6. The van der Waals surface area contributed by atoms with Gasteiger partial charge in [-0.3, -0.25) is 0 Å². The first-order chi connectivity index (χ1) is 12.7. The van der Waals surface area contributed by atoms with Crippen LogP contribution in [0.2, 0.25) is 0 Å². The first kappa shape index (κ1) is 19.4. The number of ether oxygens (including phenoxy) is 2. The first-order valence-electron chi connectivity index (χ1n) is 7.86. The molecule has 0 aromatic carbocycles. The monoisotopic (exact) mass is 389 g/mol. The second-order valence-corrected chi connectivity index (χ2v) is 5.94. The lowest BCUT2D eigenvalue weighted by Gasteiger charge is -2.41. The van der Waals surface area contributed by atoms with Crippen LogP contribution in [0, 0.1) is 5.82 Å². The highest BCUT2D eigenvalue weighted by atomic mass is 19.4. The van der Waals surface area contributed by atoms with Gasteiger partial charge in [0.1, 0.15) is 36.0 Å². The van der Waals surface area contributed by atoms with E-state index in [2.05, 4.69) is 15.0 Å². The number of halogens is 4. The summed E-state index contributed by atoms with van der Waals surface area (Å²) in [6, 6.07) is 2.96. The maximum absolute atomic E-state index is 14.1. The minimum Gasteiger partial charge on any atom is -0.468 e. The van der Waals surface area contributed by atoms with Gasteiger partial charge in [-0.1, -0.05) is 6.07 Å². The molecule has 3 rings (SSSR count). The molecule has 0 amide bonds. The number of aliphatic hydroxyl groups is 2. The van der Waals surface area contributed by atoms with Gasteiger partial charge in [0.2, 0.25) is 5.88 Å². The molecule has 1 fully saturated rings. The van der Waals surface area contributed by atoms with Crippen LogP contribution in [0.15, 0.2) is 30.7 Å². The summed E-state index contributed by atoms with van der Waals surface area (Å²) in [7, 11) is 0. The smallest absolute Gasteiger partial charge is 0.433 e. The molecule has 1 aliphatic heterocycles. The van der Waals surface area contributed by atoms with E-state index in [4.69, 9.17) is 9.47 Å². The largest absolute Gasteiger partial charge is 0.468 e. The van der Waals surface area contributed by atoms with Gasteiger partial charge in [0.25, 0.3) is 0 Å². The average Bonchev–Trinajstić information content (AvgIpc) is 2.62. The molecule has 3 heterocycles. The van der Waals surface area contributed by atoms with E-state index in [1.807, 2.05) is 0 Å². The van der Waals surface area contributed by atoms with Crippen molar-refractivity contribution in [2.75, 3.05) is 0 Å². The Morgan fingerprint density at radius 1 is 1.19 bits per heavy atom. The molecule has 0 bridgehead atoms. The third-order valence-corrected chi connectivity index (χ3v) is 4.06. The predicted molar refractivity (Wildman–Crippen MR) is 80.9 cm³/mol. The van der Waals surface area contributed by atoms with Crippen molar-refractivity contribution in [2.45, 2.75) is 43.6 Å². The number of pyridine rings is 1. The number of hydrogen-bond donors (Lipinski definition) is 2. The normalized spacial score (nSPS) is 28.8. The number of nitrogens with zero attached hydrogens (tertiary/aromatic N) is 3. The van der Waals surface area contributed by atoms with E-state index >= 15 is 0 Å². The van der Waals surface area contributed by atoms with Gasteiger partial charge >= 0.3 is 6.18 Å². The SMILES string of the molecule is C[C@H]1O[C@H](c2ncncc2F)[C@H](Oc2cccc(C(F)(F)F)n2)[C@@H](O)[C@H]1O. The average molecular weight is 389 g/mol. The molecule has 2 aromatic rings. The first-order valence-corrected chi connectivity index (χ1v) is 7.86. The van der Waals surface area contributed by atoms with Crippen LogP contribution in [0.25, 0.3) is 0 Å². The van der Waals surface area contributed by atoms with E-state index in [0.717, 1.165) is 30.7 Å². The summed E-state index contributed by atoms with van der Waals surface area (Å²) in [6.45, 7) is 1.44. The van der Waals surface area contributed by atoms with Crippen LogP contribution < -0.4 is 4.74 Å². The lowest BCUT2D eigenvalue weighted by molar-refractivity contribution is -0.214. The van der Waals surface area contributed by atoms with Crippen LogP contribution in [0.3, 0.4) is 0 Å². The molecule has 11 heteroatoms.